The molecule has 0 fully saturated rings. The minimum absolute atomic E-state index is 0.113. The Morgan fingerprint density at radius 2 is 1.85 bits per heavy atom. The molecule has 0 N–H and O–H groups in total. The van der Waals surface area contributed by atoms with Gasteiger partial charge in [0.15, 0.2) is 5.78 Å². The maximum Gasteiger partial charge on any atom is 0.186 e. The van der Waals surface area contributed by atoms with Gasteiger partial charge in [-0.05, 0) is 24.5 Å². The fourth-order valence-electron chi connectivity index (χ4n) is 2.27. The summed E-state index contributed by atoms with van der Waals surface area (Å²) < 4.78 is 0. The van der Waals surface area contributed by atoms with E-state index in [0.717, 1.165) is 29.3 Å². The van der Waals surface area contributed by atoms with Gasteiger partial charge in [-0.2, -0.15) is 0 Å². The first-order valence-electron chi connectivity index (χ1n) is 6.62. The molecule has 0 bridgehead atoms. The van der Waals surface area contributed by atoms with Crippen LogP contribution in [-0.4, -0.2) is 15.8 Å². The number of ketones is 1. The van der Waals surface area contributed by atoms with Crippen LogP contribution in [0.1, 0.15) is 12.8 Å². The lowest BCUT2D eigenvalue weighted by molar-refractivity contribution is -0.111. The molecule has 1 heterocycles. The Hall–Kier alpha value is -2.55. The van der Waals surface area contributed by atoms with E-state index in [9.17, 15) is 4.79 Å². The maximum absolute atomic E-state index is 11.0. The van der Waals surface area contributed by atoms with Crippen LogP contribution in [0, 0.1) is 0 Å². The molecule has 0 unspecified atom stereocenters. The average Bonchev–Trinajstić information content (AvgIpc) is 2.98. The molecule has 0 amide bonds. The molecule has 0 spiro atoms. The van der Waals surface area contributed by atoms with Crippen molar-refractivity contribution in [2.75, 3.05) is 0 Å². The summed E-state index contributed by atoms with van der Waals surface area (Å²) in [4.78, 5) is 19.1. The largest absolute Gasteiger partial charge is 0.289 e. The van der Waals surface area contributed by atoms with Crippen molar-refractivity contribution in [3.05, 3.63) is 70.7 Å². The molecule has 98 valence electrons. The van der Waals surface area contributed by atoms with E-state index >= 15 is 0 Å². The lowest BCUT2D eigenvalue weighted by Crippen LogP contribution is -2.29. The van der Waals surface area contributed by atoms with E-state index in [2.05, 4.69) is 22.1 Å². The standard InChI is InChI=1S/C9H6O.C8H8N2/c10-9-6-2-4-7-3-1-5-8(7)9;1-2-4-8-7(3-1)5-9-6-10-8/h1-6H;3-6H,1-2H2. The number of carbonyl (C=O) groups is 1. The molecule has 3 aliphatic carbocycles. The Labute approximate surface area is 117 Å². The summed E-state index contributed by atoms with van der Waals surface area (Å²) in [5.41, 5.74) is 1.86. The fraction of sp³-hybridized carbons (Fsp3) is 0.118. The van der Waals surface area contributed by atoms with Crippen LogP contribution in [0.15, 0.2) is 60.1 Å². The topological polar surface area (TPSA) is 42.9 Å². The van der Waals surface area contributed by atoms with Crippen molar-refractivity contribution < 1.29 is 4.79 Å². The zero-order chi connectivity index (χ0) is 13.8. The molecular formula is C17H14N2O. The molecule has 3 heteroatoms. The van der Waals surface area contributed by atoms with Crippen molar-refractivity contribution in [3.63, 3.8) is 0 Å². The number of hydrogen-bond acceptors (Lipinski definition) is 3. The number of hydrogen-bond donors (Lipinski definition) is 0. The minimum atomic E-state index is 0.113. The number of rotatable bonds is 0. The van der Waals surface area contributed by atoms with E-state index in [4.69, 9.17) is 0 Å². The first-order valence-corrected chi connectivity index (χ1v) is 6.62. The number of aromatic nitrogens is 2. The zero-order valence-corrected chi connectivity index (χ0v) is 11.0. The van der Waals surface area contributed by atoms with Gasteiger partial charge in [0, 0.05) is 17.0 Å². The van der Waals surface area contributed by atoms with Gasteiger partial charge in [0.25, 0.3) is 0 Å². The molecule has 4 rings (SSSR count). The Balaban J connectivity index is 0.000000121. The second-order valence-corrected chi connectivity index (χ2v) is 4.63. The van der Waals surface area contributed by atoms with Crippen molar-refractivity contribution >= 4 is 17.9 Å². The number of carbonyl (C=O) groups excluding carboxylic acids is 1. The summed E-state index contributed by atoms with van der Waals surface area (Å²) in [5, 5.41) is 2.26. The summed E-state index contributed by atoms with van der Waals surface area (Å²) in [5.74, 6) is 0.113. The van der Waals surface area contributed by atoms with Crippen LogP contribution >= 0.6 is 0 Å². The fourth-order valence-corrected chi connectivity index (χ4v) is 2.27. The van der Waals surface area contributed by atoms with Gasteiger partial charge >= 0.3 is 0 Å². The van der Waals surface area contributed by atoms with E-state index in [1.165, 1.54) is 5.22 Å². The van der Waals surface area contributed by atoms with Crippen molar-refractivity contribution in [2.45, 2.75) is 12.8 Å². The molecule has 0 saturated carbocycles. The Morgan fingerprint density at radius 1 is 1.00 bits per heavy atom. The molecular weight excluding hydrogens is 248 g/mol. The summed E-state index contributed by atoms with van der Waals surface area (Å²) in [7, 11) is 0. The highest BCUT2D eigenvalue weighted by Crippen LogP contribution is 2.22. The van der Waals surface area contributed by atoms with Gasteiger partial charge in [-0.1, -0.05) is 42.5 Å². The van der Waals surface area contributed by atoms with Crippen LogP contribution in [-0.2, 0) is 4.79 Å². The van der Waals surface area contributed by atoms with Crippen molar-refractivity contribution in [1.29, 1.82) is 0 Å². The van der Waals surface area contributed by atoms with E-state index in [1.54, 1.807) is 18.5 Å². The first kappa shape index (κ1) is 12.5. The van der Waals surface area contributed by atoms with E-state index in [0.29, 0.717) is 0 Å². The maximum atomic E-state index is 11.0. The Kier molecular flexibility index (Phi) is 3.50. The van der Waals surface area contributed by atoms with Gasteiger partial charge in [-0.15, -0.1) is 0 Å². The van der Waals surface area contributed by atoms with Crippen molar-refractivity contribution in [2.24, 2.45) is 0 Å². The third-order valence-corrected chi connectivity index (χ3v) is 3.28. The van der Waals surface area contributed by atoms with Crippen LogP contribution < -0.4 is 10.6 Å². The normalized spacial score (nSPS) is 17.7. The second-order valence-electron chi connectivity index (χ2n) is 4.63. The molecule has 0 aromatic carbocycles. The molecule has 1 aromatic rings. The first-order chi connectivity index (χ1) is 9.84. The van der Waals surface area contributed by atoms with Crippen LogP contribution in [0.4, 0.5) is 0 Å². The molecule has 3 aliphatic rings. The summed E-state index contributed by atoms with van der Waals surface area (Å²) in [6.07, 6.45) is 21.0. The third-order valence-electron chi connectivity index (χ3n) is 3.28. The van der Waals surface area contributed by atoms with Crippen LogP contribution in [0.25, 0.3) is 12.2 Å². The quantitative estimate of drug-likeness (QED) is 0.709. The molecule has 0 aliphatic heterocycles. The molecule has 0 saturated heterocycles. The van der Waals surface area contributed by atoms with Gasteiger partial charge in [0.2, 0.25) is 0 Å². The SMILES string of the molecule is C1=c2cncnc2=CCC1.O=C1C=CC=C2C=CC=C12. The summed E-state index contributed by atoms with van der Waals surface area (Å²) >= 11 is 0. The monoisotopic (exact) mass is 262 g/mol. The summed E-state index contributed by atoms with van der Waals surface area (Å²) in [6, 6.07) is 0. The van der Waals surface area contributed by atoms with Gasteiger partial charge in [-0.3, -0.25) is 4.79 Å². The molecule has 3 nitrogen and oxygen atoms in total. The predicted octanol–water partition coefficient (Wildman–Crippen LogP) is 1.38. The average molecular weight is 262 g/mol. The van der Waals surface area contributed by atoms with Crippen LogP contribution in [0.3, 0.4) is 0 Å². The van der Waals surface area contributed by atoms with E-state index in [-0.39, 0.29) is 5.78 Å². The van der Waals surface area contributed by atoms with Gasteiger partial charge in [-0.25, -0.2) is 9.97 Å². The van der Waals surface area contributed by atoms with E-state index in [1.807, 2.05) is 30.5 Å². The highest BCUT2D eigenvalue weighted by Gasteiger charge is 2.14. The molecule has 1 aromatic heterocycles. The van der Waals surface area contributed by atoms with Crippen molar-refractivity contribution in [3.8, 4) is 0 Å². The second kappa shape index (κ2) is 5.61. The Morgan fingerprint density at radius 3 is 2.70 bits per heavy atom. The van der Waals surface area contributed by atoms with Crippen LogP contribution in [0.2, 0.25) is 0 Å². The predicted molar refractivity (Wildman–Crippen MR) is 78.9 cm³/mol. The van der Waals surface area contributed by atoms with Crippen LogP contribution in [0.5, 0.6) is 0 Å². The minimum Gasteiger partial charge on any atom is -0.289 e. The molecule has 0 radical (unpaired) electrons. The highest BCUT2D eigenvalue weighted by molar-refractivity contribution is 6.10. The zero-order valence-electron chi connectivity index (χ0n) is 11.0. The lowest BCUT2D eigenvalue weighted by atomic mass is 10.0. The smallest absolute Gasteiger partial charge is 0.186 e. The summed E-state index contributed by atoms with van der Waals surface area (Å²) in [6.45, 7) is 0. The number of fused-ring (bicyclic) bond motifs is 2. The van der Waals surface area contributed by atoms with Gasteiger partial charge < -0.3 is 0 Å². The van der Waals surface area contributed by atoms with Crippen molar-refractivity contribution in [1.82, 2.24) is 9.97 Å². The third kappa shape index (κ3) is 2.57. The Bertz CT molecular complexity index is 738. The lowest BCUT2D eigenvalue weighted by Gasteiger charge is -2.02. The molecule has 20 heavy (non-hydrogen) atoms. The molecule has 0 atom stereocenters. The van der Waals surface area contributed by atoms with Gasteiger partial charge in [0.1, 0.15) is 6.33 Å². The number of nitrogens with zero attached hydrogens (tertiary/aromatic N) is 2. The number of allylic oxidation sites excluding steroid dienone is 8. The van der Waals surface area contributed by atoms with E-state index < -0.39 is 0 Å². The van der Waals surface area contributed by atoms with Gasteiger partial charge in [0.05, 0.1) is 5.35 Å². The highest BCUT2D eigenvalue weighted by atomic mass is 16.1.